The van der Waals surface area contributed by atoms with Crippen molar-refractivity contribution in [1.82, 2.24) is 14.2 Å². The number of rotatable bonds is 6. The van der Waals surface area contributed by atoms with Gasteiger partial charge >= 0.3 is 0 Å². The fourth-order valence-electron chi connectivity index (χ4n) is 4.63. The molecule has 2 aliphatic rings. The second kappa shape index (κ2) is 8.91. The molecule has 0 aliphatic carbocycles. The highest BCUT2D eigenvalue weighted by Gasteiger charge is 2.36. The van der Waals surface area contributed by atoms with Gasteiger partial charge in [-0.2, -0.15) is 4.31 Å². The van der Waals surface area contributed by atoms with E-state index in [1.54, 1.807) is 0 Å². The molecule has 2 saturated heterocycles. The summed E-state index contributed by atoms with van der Waals surface area (Å²) in [6, 6.07) is 11.9. The highest BCUT2D eigenvalue weighted by atomic mass is 32.2. The number of carbonyl (C=O) groups is 1. The van der Waals surface area contributed by atoms with Crippen LogP contribution in [0.1, 0.15) is 48.2 Å². The lowest BCUT2D eigenvalue weighted by molar-refractivity contribution is 0.0709. The number of aromatic amines is 1. The van der Waals surface area contributed by atoms with Crippen LogP contribution >= 0.6 is 0 Å². The number of nitrogens with one attached hydrogen (secondary N) is 1. The van der Waals surface area contributed by atoms with E-state index < -0.39 is 10.0 Å². The van der Waals surface area contributed by atoms with Gasteiger partial charge in [0.15, 0.2) is 0 Å². The van der Waals surface area contributed by atoms with Crippen molar-refractivity contribution in [1.29, 1.82) is 0 Å². The number of H-pyrrole nitrogens is 1. The molecule has 3 heterocycles. The molecule has 2 atom stereocenters. The molecule has 7 nitrogen and oxygen atoms in total. The number of nitrogens with zero attached hydrogens (tertiary/aromatic N) is 2. The SMILES string of the molecule is CC[C@@H](c1ccccc1)[C@@H]1CCCN1C(=O)c1cc(S(=O)(=O)N2CCOCC2)c[nH]1. The summed E-state index contributed by atoms with van der Waals surface area (Å²) in [5.74, 6) is 0.138. The number of amides is 1. The predicted octanol–water partition coefficient (Wildman–Crippen LogP) is 2.83. The number of aromatic nitrogens is 1. The quantitative estimate of drug-likeness (QED) is 0.762. The van der Waals surface area contributed by atoms with Gasteiger partial charge in [0.05, 0.1) is 13.2 Å². The van der Waals surface area contributed by atoms with Crippen LogP contribution in [0.25, 0.3) is 0 Å². The van der Waals surface area contributed by atoms with Crippen molar-refractivity contribution in [2.24, 2.45) is 0 Å². The molecule has 30 heavy (non-hydrogen) atoms. The Morgan fingerprint density at radius 1 is 1.20 bits per heavy atom. The molecule has 1 amide bonds. The minimum Gasteiger partial charge on any atom is -0.379 e. The van der Waals surface area contributed by atoms with E-state index in [1.165, 1.54) is 22.1 Å². The van der Waals surface area contributed by atoms with Gasteiger partial charge in [0, 0.05) is 37.8 Å². The summed E-state index contributed by atoms with van der Waals surface area (Å²) in [5, 5.41) is 0. The number of benzene rings is 1. The average Bonchev–Trinajstić information content (AvgIpc) is 3.46. The lowest BCUT2D eigenvalue weighted by atomic mass is 9.87. The van der Waals surface area contributed by atoms with E-state index in [2.05, 4.69) is 24.0 Å². The normalized spacial score (nSPS) is 21.6. The number of likely N-dealkylation sites (tertiary alicyclic amines) is 1. The molecule has 1 N–H and O–H groups in total. The summed E-state index contributed by atoms with van der Waals surface area (Å²) in [6.07, 6.45) is 4.29. The molecular formula is C22H29N3O4S. The molecule has 1 aromatic carbocycles. The van der Waals surface area contributed by atoms with Gasteiger partial charge in [-0.05, 0) is 30.9 Å². The smallest absolute Gasteiger partial charge is 0.270 e. The number of hydrogen-bond acceptors (Lipinski definition) is 4. The number of hydrogen-bond donors (Lipinski definition) is 1. The molecule has 2 aliphatic heterocycles. The first-order valence-corrected chi connectivity index (χ1v) is 12.1. The molecule has 2 aromatic rings. The van der Waals surface area contributed by atoms with Crippen LogP contribution in [0.4, 0.5) is 0 Å². The number of carbonyl (C=O) groups excluding carboxylic acids is 1. The van der Waals surface area contributed by atoms with Gasteiger partial charge in [0.2, 0.25) is 10.0 Å². The summed E-state index contributed by atoms with van der Waals surface area (Å²) in [5.41, 5.74) is 1.57. The van der Waals surface area contributed by atoms with Gasteiger partial charge in [-0.3, -0.25) is 4.79 Å². The monoisotopic (exact) mass is 431 g/mol. The molecule has 162 valence electrons. The zero-order valence-corrected chi connectivity index (χ0v) is 18.1. The highest BCUT2D eigenvalue weighted by Crippen LogP contribution is 2.34. The van der Waals surface area contributed by atoms with E-state index in [0.29, 0.717) is 38.5 Å². The molecule has 1 aromatic heterocycles. The largest absolute Gasteiger partial charge is 0.379 e. The van der Waals surface area contributed by atoms with Gasteiger partial charge in [0.1, 0.15) is 10.6 Å². The predicted molar refractivity (Wildman–Crippen MR) is 114 cm³/mol. The maximum atomic E-state index is 13.3. The summed E-state index contributed by atoms with van der Waals surface area (Å²) in [7, 11) is -3.62. The molecule has 0 unspecified atom stereocenters. The summed E-state index contributed by atoms with van der Waals surface area (Å²) < 4.78 is 32.4. The molecule has 0 bridgehead atoms. The van der Waals surface area contributed by atoms with Crippen molar-refractivity contribution < 1.29 is 17.9 Å². The van der Waals surface area contributed by atoms with Crippen LogP contribution < -0.4 is 0 Å². The van der Waals surface area contributed by atoms with E-state index in [0.717, 1.165) is 19.3 Å². The minimum absolute atomic E-state index is 0.118. The Morgan fingerprint density at radius 2 is 1.93 bits per heavy atom. The van der Waals surface area contributed by atoms with Crippen LogP contribution in [-0.2, 0) is 14.8 Å². The zero-order valence-electron chi connectivity index (χ0n) is 17.3. The fourth-order valence-corrected chi connectivity index (χ4v) is 6.03. The first-order chi connectivity index (χ1) is 14.5. The topological polar surface area (TPSA) is 82.7 Å². The minimum atomic E-state index is -3.62. The van der Waals surface area contributed by atoms with Gasteiger partial charge < -0.3 is 14.6 Å². The second-order valence-electron chi connectivity index (χ2n) is 7.90. The maximum Gasteiger partial charge on any atom is 0.270 e. The number of sulfonamides is 1. The summed E-state index contributed by atoms with van der Waals surface area (Å²) in [4.78, 5) is 18.3. The third-order valence-corrected chi connectivity index (χ3v) is 8.06. The Morgan fingerprint density at radius 3 is 2.63 bits per heavy atom. The Balaban J connectivity index is 1.54. The van der Waals surface area contributed by atoms with Gasteiger partial charge in [-0.25, -0.2) is 8.42 Å². The van der Waals surface area contributed by atoms with Gasteiger partial charge in [-0.1, -0.05) is 37.3 Å². The van der Waals surface area contributed by atoms with Crippen molar-refractivity contribution >= 4 is 15.9 Å². The Bertz CT molecular complexity index is 967. The first-order valence-electron chi connectivity index (χ1n) is 10.6. The fraction of sp³-hybridized carbons (Fsp3) is 0.500. The second-order valence-corrected chi connectivity index (χ2v) is 9.84. The van der Waals surface area contributed by atoms with Crippen LogP contribution in [-0.4, -0.2) is 67.4 Å². The van der Waals surface area contributed by atoms with E-state index in [-0.39, 0.29) is 22.8 Å². The third kappa shape index (κ3) is 4.04. The van der Waals surface area contributed by atoms with Crippen molar-refractivity contribution in [2.45, 2.75) is 43.0 Å². The Kier molecular flexibility index (Phi) is 6.26. The molecule has 0 spiro atoms. The highest BCUT2D eigenvalue weighted by molar-refractivity contribution is 7.89. The standard InChI is InChI=1S/C22H29N3O4S/c1-2-19(17-7-4-3-5-8-17)21-9-6-10-25(21)22(26)20-15-18(16-23-20)30(27,28)24-11-13-29-14-12-24/h3-5,7-8,15-16,19,21,23H,2,6,9-14H2,1H3/t19-,21-/m0/s1. The molecule has 2 fully saturated rings. The van der Waals surface area contributed by atoms with Crippen LogP contribution in [0.3, 0.4) is 0 Å². The van der Waals surface area contributed by atoms with E-state index in [1.807, 2.05) is 23.1 Å². The van der Waals surface area contributed by atoms with Crippen LogP contribution in [0.15, 0.2) is 47.5 Å². The maximum absolute atomic E-state index is 13.3. The third-order valence-electron chi connectivity index (χ3n) is 6.19. The van der Waals surface area contributed by atoms with Crippen molar-refractivity contribution in [3.05, 3.63) is 53.9 Å². The zero-order chi connectivity index (χ0) is 21.1. The van der Waals surface area contributed by atoms with E-state index >= 15 is 0 Å². The molecule has 8 heteroatoms. The van der Waals surface area contributed by atoms with Crippen molar-refractivity contribution in [2.75, 3.05) is 32.8 Å². The molecule has 4 rings (SSSR count). The van der Waals surface area contributed by atoms with Crippen molar-refractivity contribution in [3.8, 4) is 0 Å². The van der Waals surface area contributed by atoms with Gasteiger partial charge in [-0.15, -0.1) is 0 Å². The van der Waals surface area contributed by atoms with Crippen LogP contribution in [0, 0.1) is 0 Å². The van der Waals surface area contributed by atoms with Gasteiger partial charge in [0.25, 0.3) is 5.91 Å². The molecular weight excluding hydrogens is 402 g/mol. The number of morpholine rings is 1. The lowest BCUT2D eigenvalue weighted by Gasteiger charge is -2.31. The number of ether oxygens (including phenoxy) is 1. The Hall–Kier alpha value is -2.16. The Labute approximate surface area is 178 Å². The van der Waals surface area contributed by atoms with Crippen LogP contribution in [0.5, 0.6) is 0 Å². The van der Waals surface area contributed by atoms with Crippen molar-refractivity contribution in [3.63, 3.8) is 0 Å². The molecule has 0 radical (unpaired) electrons. The first kappa shape index (κ1) is 21.1. The van der Waals surface area contributed by atoms with E-state index in [9.17, 15) is 13.2 Å². The summed E-state index contributed by atoms with van der Waals surface area (Å²) >= 11 is 0. The summed E-state index contributed by atoms with van der Waals surface area (Å²) in [6.45, 7) is 4.30. The lowest BCUT2D eigenvalue weighted by Crippen LogP contribution is -2.40. The average molecular weight is 432 g/mol. The van der Waals surface area contributed by atoms with E-state index in [4.69, 9.17) is 4.74 Å². The molecule has 0 saturated carbocycles. The van der Waals surface area contributed by atoms with Crippen LogP contribution in [0.2, 0.25) is 0 Å².